The van der Waals surface area contributed by atoms with E-state index < -0.39 is 0 Å². The number of nitrogens with one attached hydrogen (secondary N) is 2. The van der Waals surface area contributed by atoms with Crippen molar-refractivity contribution < 1.29 is 14.5 Å². The van der Waals surface area contributed by atoms with Crippen LogP contribution in [-0.2, 0) is 4.74 Å². The van der Waals surface area contributed by atoms with Gasteiger partial charge in [0.05, 0.1) is 11.1 Å². The molecule has 288 valence electrons. The summed E-state index contributed by atoms with van der Waals surface area (Å²) in [5.41, 5.74) is 4.36. The summed E-state index contributed by atoms with van der Waals surface area (Å²) in [4.78, 5) is 21.5. The van der Waals surface area contributed by atoms with Gasteiger partial charge in [-0.1, -0.05) is 91.0 Å². The highest BCUT2D eigenvalue weighted by atomic mass is 35.5. The molecule has 6 nitrogen and oxygen atoms in total. The molecular formula is C45H70ClN4O2+. The molecule has 1 unspecified atom stereocenters. The molecule has 0 aliphatic heterocycles. The number of aromatic amines is 1. The highest BCUT2D eigenvalue weighted by Gasteiger charge is 2.59. The highest BCUT2D eigenvalue weighted by Crippen LogP contribution is 2.67. The van der Waals surface area contributed by atoms with E-state index in [0.29, 0.717) is 30.1 Å². The molecule has 1 amide bonds. The second kappa shape index (κ2) is 17.0. The first-order valence-electron chi connectivity index (χ1n) is 21.2. The molecule has 0 bridgehead atoms. The zero-order valence-electron chi connectivity index (χ0n) is 33.6. The number of nitrogens with zero attached hydrogens (tertiary/aromatic N) is 2. The van der Waals surface area contributed by atoms with Gasteiger partial charge in [-0.25, -0.2) is 9.78 Å². The molecule has 4 aliphatic carbocycles. The fraction of sp³-hybridized carbons (Fsp3) is 0.733. The fourth-order valence-electron chi connectivity index (χ4n) is 11.7. The average Bonchev–Trinajstić information content (AvgIpc) is 3.48. The number of rotatable bonds is 15. The molecule has 0 radical (unpaired) electrons. The molecular weight excluding hydrogens is 664 g/mol. The van der Waals surface area contributed by atoms with Crippen LogP contribution in [0.25, 0.3) is 10.9 Å². The van der Waals surface area contributed by atoms with Crippen LogP contribution in [0.5, 0.6) is 0 Å². The zero-order valence-corrected chi connectivity index (χ0v) is 34.4. The third kappa shape index (κ3) is 8.33. The summed E-state index contributed by atoms with van der Waals surface area (Å²) in [7, 11) is 0. The van der Waals surface area contributed by atoms with Crippen molar-refractivity contribution in [3.8, 4) is 0 Å². The second-order valence-corrected chi connectivity index (χ2v) is 18.5. The zero-order chi connectivity index (χ0) is 37.0. The molecule has 2 N–H and O–H groups in total. The van der Waals surface area contributed by atoms with Crippen LogP contribution in [0, 0.1) is 46.3 Å². The summed E-state index contributed by atoms with van der Waals surface area (Å²) in [6.45, 7) is 21.7. The Balaban J connectivity index is 1.08. The summed E-state index contributed by atoms with van der Waals surface area (Å²) in [5.74, 6) is 5.02. The minimum absolute atomic E-state index is 0.0398. The van der Waals surface area contributed by atoms with Crippen LogP contribution in [0.2, 0.25) is 5.02 Å². The summed E-state index contributed by atoms with van der Waals surface area (Å²) in [6, 6.07) is 7.94. The molecule has 1 aromatic carbocycles. The normalized spacial score (nSPS) is 30.4. The summed E-state index contributed by atoms with van der Waals surface area (Å²) in [5, 5.41) is 5.38. The minimum atomic E-state index is -0.164. The number of carbonyl (C=O) groups is 1. The Morgan fingerprint density at radius 2 is 1.81 bits per heavy atom. The van der Waals surface area contributed by atoms with Gasteiger partial charge in [-0.15, -0.1) is 0 Å². The van der Waals surface area contributed by atoms with Crippen LogP contribution in [0.3, 0.4) is 0 Å². The van der Waals surface area contributed by atoms with E-state index >= 15 is 0 Å². The number of fused-ring (bicyclic) bond motifs is 6. The molecule has 6 rings (SSSR count). The largest absolute Gasteiger partial charge is 0.446 e. The van der Waals surface area contributed by atoms with Crippen molar-refractivity contribution >= 4 is 34.3 Å². The van der Waals surface area contributed by atoms with Crippen molar-refractivity contribution in [3.05, 3.63) is 47.1 Å². The number of amides is 1. The molecule has 8 atom stereocenters. The smallest absolute Gasteiger partial charge is 0.410 e. The van der Waals surface area contributed by atoms with Gasteiger partial charge in [-0.2, -0.15) is 0 Å². The Bertz CT molecular complexity index is 1540. The maximum absolute atomic E-state index is 13.9. The third-order valence-corrected chi connectivity index (χ3v) is 15.1. The van der Waals surface area contributed by atoms with Crippen LogP contribution < -0.4 is 10.3 Å². The van der Waals surface area contributed by atoms with Crippen molar-refractivity contribution in [1.82, 2.24) is 9.80 Å². The SMILES string of the molecule is CCN(CC)CCN(CCNc1cc[nH+]c2cc(Cl)ccc12)C(=O)OC1CC[C@@]2(C)C(=CC[C@H]3[C@@H]4CC[C@H]([C@H](C)CCCC(C)C)[C@@]4(C)CC[C@@H]32)C1. The van der Waals surface area contributed by atoms with Gasteiger partial charge < -0.3 is 19.9 Å². The number of pyridine rings is 1. The molecule has 1 heterocycles. The van der Waals surface area contributed by atoms with Gasteiger partial charge in [-0.3, -0.25) is 0 Å². The molecule has 1 aromatic heterocycles. The number of halogens is 1. The lowest BCUT2D eigenvalue weighted by Crippen LogP contribution is -2.51. The quantitative estimate of drug-likeness (QED) is 0.185. The Labute approximate surface area is 320 Å². The Morgan fingerprint density at radius 1 is 1.00 bits per heavy atom. The minimum Gasteiger partial charge on any atom is -0.446 e. The van der Waals surface area contributed by atoms with E-state index in [1.807, 2.05) is 35.4 Å². The van der Waals surface area contributed by atoms with Crippen LogP contribution in [0.4, 0.5) is 10.5 Å². The van der Waals surface area contributed by atoms with Gasteiger partial charge in [0.25, 0.3) is 0 Å². The predicted molar refractivity (Wildman–Crippen MR) is 217 cm³/mol. The second-order valence-electron chi connectivity index (χ2n) is 18.1. The van der Waals surface area contributed by atoms with E-state index in [-0.39, 0.29) is 17.6 Å². The van der Waals surface area contributed by atoms with Crippen molar-refractivity contribution in [2.75, 3.05) is 44.6 Å². The number of ether oxygens (including phenoxy) is 1. The summed E-state index contributed by atoms with van der Waals surface area (Å²) >= 11 is 6.24. The molecule has 3 saturated carbocycles. The first-order chi connectivity index (χ1) is 25.0. The molecule has 3 fully saturated rings. The van der Waals surface area contributed by atoms with E-state index in [0.717, 1.165) is 91.0 Å². The number of aromatic nitrogens is 1. The molecule has 2 aromatic rings. The topological polar surface area (TPSA) is 59.0 Å². The maximum atomic E-state index is 13.9. The predicted octanol–water partition coefficient (Wildman–Crippen LogP) is 10.9. The van der Waals surface area contributed by atoms with Gasteiger partial charge in [0.1, 0.15) is 6.10 Å². The lowest BCUT2D eigenvalue weighted by molar-refractivity contribution is -0.344. The van der Waals surface area contributed by atoms with Gasteiger partial charge in [-0.05, 0) is 117 Å². The lowest BCUT2D eigenvalue weighted by Gasteiger charge is -2.58. The summed E-state index contributed by atoms with van der Waals surface area (Å²) in [6.07, 6.45) is 18.4. The molecule has 4 aliphatic rings. The number of hydrogen-bond donors (Lipinski definition) is 1. The fourth-order valence-corrected chi connectivity index (χ4v) is 11.9. The molecule has 7 heteroatoms. The standard InChI is InChI=1S/C45H69ClN4O2/c1-8-49(9-2)27-28-50(26-25-48-41-21-24-47-42-30-34(46)14-16-37(41)42)43(51)52-35-19-22-44(6)33(29-35)13-15-36-39-18-17-38(32(5)12-10-11-31(3)4)45(39,7)23-20-40(36)44/h13-14,16,21,24,30-32,35-36,38-40H,8-12,15,17-20,22-23,25-29H2,1-7H3,(H,47,48)/p+1/t32-,35?,36+,38-,39+,40+,44+,45-/m1/s1. The van der Waals surface area contributed by atoms with Gasteiger partial charge in [0.2, 0.25) is 5.52 Å². The van der Waals surface area contributed by atoms with E-state index in [9.17, 15) is 4.79 Å². The number of carbonyl (C=O) groups excluding carboxylic acids is 1. The van der Waals surface area contributed by atoms with Crippen LogP contribution >= 0.6 is 11.6 Å². The van der Waals surface area contributed by atoms with Gasteiger partial charge in [0, 0.05) is 49.8 Å². The Hall–Kier alpha value is -2.31. The average molecular weight is 735 g/mol. The van der Waals surface area contributed by atoms with Gasteiger partial charge in [0.15, 0.2) is 6.20 Å². The van der Waals surface area contributed by atoms with Crippen LogP contribution in [0.15, 0.2) is 42.1 Å². The van der Waals surface area contributed by atoms with Crippen molar-refractivity contribution in [2.24, 2.45) is 46.3 Å². The number of anilines is 1. The van der Waals surface area contributed by atoms with E-state index in [2.05, 4.69) is 69.7 Å². The van der Waals surface area contributed by atoms with Crippen molar-refractivity contribution in [3.63, 3.8) is 0 Å². The number of benzene rings is 1. The first kappa shape index (κ1) is 39.4. The monoisotopic (exact) mass is 734 g/mol. The third-order valence-electron chi connectivity index (χ3n) is 14.8. The van der Waals surface area contributed by atoms with E-state index in [1.165, 1.54) is 51.4 Å². The first-order valence-corrected chi connectivity index (χ1v) is 21.6. The van der Waals surface area contributed by atoms with Gasteiger partial charge >= 0.3 is 6.09 Å². The number of hydrogen-bond acceptors (Lipinski definition) is 4. The van der Waals surface area contributed by atoms with Crippen molar-refractivity contribution in [2.45, 2.75) is 125 Å². The Kier molecular flexibility index (Phi) is 12.9. The lowest BCUT2D eigenvalue weighted by atomic mass is 9.47. The number of likely N-dealkylation sites (N-methyl/N-ethyl adjacent to an activating group) is 1. The molecule has 52 heavy (non-hydrogen) atoms. The van der Waals surface area contributed by atoms with Crippen molar-refractivity contribution in [1.29, 1.82) is 0 Å². The number of allylic oxidation sites excluding steroid dienone is 1. The summed E-state index contributed by atoms with van der Waals surface area (Å²) < 4.78 is 6.42. The highest BCUT2D eigenvalue weighted by molar-refractivity contribution is 6.31. The molecule has 0 saturated heterocycles. The Morgan fingerprint density at radius 3 is 2.58 bits per heavy atom. The maximum Gasteiger partial charge on any atom is 0.410 e. The van der Waals surface area contributed by atoms with E-state index in [1.54, 1.807) is 5.57 Å². The molecule has 0 spiro atoms. The van der Waals surface area contributed by atoms with E-state index in [4.69, 9.17) is 16.3 Å². The van der Waals surface area contributed by atoms with Crippen LogP contribution in [0.1, 0.15) is 119 Å². The van der Waals surface area contributed by atoms with Crippen LogP contribution in [-0.4, -0.2) is 61.3 Å². The number of H-pyrrole nitrogens is 1.